The molecular weight excluding hydrogens is 461 g/mol. The maximum atomic E-state index is 13.6. The molecular formula is C30H37ClFNO2. The highest BCUT2D eigenvalue weighted by Gasteiger charge is 2.29. The highest BCUT2D eigenvalue weighted by atomic mass is 35.5. The number of aliphatic hydroxyl groups is 1. The van der Waals surface area contributed by atoms with Crippen molar-refractivity contribution in [1.29, 1.82) is 0 Å². The zero-order valence-electron chi connectivity index (χ0n) is 21.0. The Morgan fingerprint density at radius 1 is 1.03 bits per heavy atom. The molecule has 2 saturated carbocycles. The average Bonchev–Trinajstić information content (AvgIpc) is 3.64. The minimum Gasteiger partial charge on any atom is -0.393 e. The zero-order chi connectivity index (χ0) is 24.9. The number of Topliss-reactive ketones (excluding diaryl/α,β-unsaturated/α-hetero) is 1. The van der Waals surface area contributed by atoms with Crippen molar-refractivity contribution in [1.82, 2.24) is 0 Å². The molecule has 0 saturated heterocycles. The SMILES string of the molecule is Cc1cc(C(=Nc2ccc(F)c(Cl)c2)C2CC2)cc(CC(=O)CC2CCCCC(O)CCC2)c1C. The molecule has 3 nitrogen and oxygen atoms in total. The first-order valence-corrected chi connectivity index (χ1v) is 13.5. The summed E-state index contributed by atoms with van der Waals surface area (Å²) in [5.74, 6) is 0.661. The first-order chi connectivity index (χ1) is 16.8. The molecule has 4 rings (SSSR count). The van der Waals surface area contributed by atoms with Crippen molar-refractivity contribution in [2.24, 2.45) is 16.8 Å². The van der Waals surface area contributed by atoms with Crippen LogP contribution in [0.25, 0.3) is 0 Å². The number of rotatable bonds is 7. The molecule has 2 unspecified atom stereocenters. The molecule has 0 aromatic heterocycles. The van der Waals surface area contributed by atoms with Gasteiger partial charge in [0.05, 0.1) is 22.5 Å². The van der Waals surface area contributed by atoms with E-state index in [1.54, 1.807) is 12.1 Å². The fraction of sp³-hybridized carbons (Fsp3) is 0.533. The molecule has 2 aromatic rings. The maximum Gasteiger partial charge on any atom is 0.141 e. The van der Waals surface area contributed by atoms with Crippen molar-refractivity contribution in [3.63, 3.8) is 0 Å². The number of hydrogen-bond donors (Lipinski definition) is 1. The molecule has 0 bridgehead atoms. The number of halogens is 2. The minimum atomic E-state index is -0.443. The summed E-state index contributed by atoms with van der Waals surface area (Å²) in [5.41, 5.74) is 6.11. The van der Waals surface area contributed by atoms with Gasteiger partial charge in [-0.1, -0.05) is 37.3 Å². The molecule has 35 heavy (non-hydrogen) atoms. The number of aliphatic hydroxyl groups excluding tert-OH is 1. The van der Waals surface area contributed by atoms with E-state index in [0.717, 1.165) is 80.2 Å². The number of nitrogens with zero attached hydrogens (tertiary/aromatic N) is 1. The molecule has 0 radical (unpaired) electrons. The van der Waals surface area contributed by atoms with Crippen molar-refractivity contribution in [3.8, 4) is 0 Å². The second-order valence-corrected chi connectivity index (χ2v) is 11.0. The van der Waals surface area contributed by atoms with Crippen molar-refractivity contribution in [3.05, 3.63) is 63.4 Å². The lowest BCUT2D eigenvalue weighted by molar-refractivity contribution is -0.119. The van der Waals surface area contributed by atoms with Crippen LogP contribution < -0.4 is 0 Å². The number of ketones is 1. The maximum absolute atomic E-state index is 13.6. The second-order valence-electron chi connectivity index (χ2n) is 10.6. The molecule has 2 aliphatic carbocycles. The van der Waals surface area contributed by atoms with E-state index >= 15 is 0 Å². The zero-order valence-corrected chi connectivity index (χ0v) is 21.7. The van der Waals surface area contributed by atoms with Crippen LogP contribution in [0.1, 0.15) is 86.5 Å². The molecule has 0 spiro atoms. The summed E-state index contributed by atoms with van der Waals surface area (Å²) >= 11 is 5.99. The molecule has 0 amide bonds. The standard InChI is InChI=1S/C30H37ClFNO2/c1-19-14-24(30(22-10-11-22)33-25-12-13-29(32)28(31)18-25)16-23(20(19)2)17-27(35)15-21-6-3-4-8-26(34)9-5-7-21/h12-14,16,18,21-22,26,34H,3-11,15,17H2,1-2H3. The summed E-state index contributed by atoms with van der Waals surface area (Å²) in [6, 6.07) is 8.89. The number of aryl methyl sites for hydroxylation is 1. The number of carbonyl (C=O) groups is 1. The van der Waals surface area contributed by atoms with E-state index in [1.807, 2.05) is 0 Å². The van der Waals surface area contributed by atoms with Gasteiger partial charge >= 0.3 is 0 Å². The smallest absolute Gasteiger partial charge is 0.141 e. The van der Waals surface area contributed by atoms with E-state index in [2.05, 4.69) is 26.0 Å². The van der Waals surface area contributed by atoms with Crippen molar-refractivity contribution in [2.45, 2.75) is 90.6 Å². The van der Waals surface area contributed by atoms with Gasteiger partial charge in [0.15, 0.2) is 0 Å². The van der Waals surface area contributed by atoms with Gasteiger partial charge in [-0.3, -0.25) is 9.79 Å². The van der Waals surface area contributed by atoms with Crippen molar-refractivity contribution in [2.75, 3.05) is 0 Å². The second kappa shape index (κ2) is 11.8. The van der Waals surface area contributed by atoms with E-state index in [-0.39, 0.29) is 11.1 Å². The summed E-state index contributed by atoms with van der Waals surface area (Å²) in [7, 11) is 0. The lowest BCUT2D eigenvalue weighted by Crippen LogP contribution is -2.13. The average molecular weight is 498 g/mol. The molecule has 1 N–H and O–H groups in total. The quantitative estimate of drug-likeness (QED) is 0.396. The monoisotopic (exact) mass is 497 g/mol. The van der Waals surface area contributed by atoms with Crippen LogP contribution in [0.5, 0.6) is 0 Å². The summed E-state index contributed by atoms with van der Waals surface area (Å²) in [5, 5.41) is 10.1. The van der Waals surface area contributed by atoms with E-state index in [1.165, 1.54) is 11.6 Å². The van der Waals surface area contributed by atoms with Gasteiger partial charge in [0.25, 0.3) is 0 Å². The largest absolute Gasteiger partial charge is 0.393 e. The highest BCUT2D eigenvalue weighted by molar-refractivity contribution is 6.31. The summed E-state index contributed by atoms with van der Waals surface area (Å²) in [6.07, 6.45) is 10.1. The molecule has 2 aromatic carbocycles. The third-order valence-corrected chi connectivity index (χ3v) is 7.93. The summed E-state index contributed by atoms with van der Waals surface area (Å²) in [6.45, 7) is 4.19. The Balaban J connectivity index is 1.52. The van der Waals surface area contributed by atoms with Gasteiger partial charge in [0.2, 0.25) is 0 Å². The number of carbonyl (C=O) groups excluding carboxylic acids is 1. The Morgan fingerprint density at radius 3 is 2.49 bits per heavy atom. The normalized spacial score (nSPS) is 21.8. The Labute approximate surface area is 213 Å². The van der Waals surface area contributed by atoms with E-state index in [4.69, 9.17) is 16.6 Å². The van der Waals surface area contributed by atoms with Gasteiger partial charge in [-0.25, -0.2) is 4.39 Å². The van der Waals surface area contributed by atoms with Crippen molar-refractivity contribution < 1.29 is 14.3 Å². The minimum absolute atomic E-state index is 0.0761. The van der Waals surface area contributed by atoms with Crippen molar-refractivity contribution >= 4 is 28.8 Å². The van der Waals surface area contributed by atoms with E-state index < -0.39 is 5.82 Å². The van der Waals surface area contributed by atoms with Crippen LogP contribution in [0, 0.1) is 31.5 Å². The molecule has 2 aliphatic rings. The van der Waals surface area contributed by atoms with E-state index in [9.17, 15) is 14.3 Å². The Bertz CT molecular complexity index is 1090. The van der Waals surface area contributed by atoms with Crippen LogP contribution in [-0.2, 0) is 11.2 Å². The van der Waals surface area contributed by atoms with Crippen LogP contribution >= 0.6 is 11.6 Å². The molecule has 2 fully saturated rings. The van der Waals surface area contributed by atoms with Gasteiger partial charge in [0, 0.05) is 18.8 Å². The van der Waals surface area contributed by atoms with Gasteiger partial charge in [-0.15, -0.1) is 0 Å². The molecule has 188 valence electrons. The molecule has 0 heterocycles. The predicted molar refractivity (Wildman–Crippen MR) is 141 cm³/mol. The van der Waals surface area contributed by atoms with E-state index in [0.29, 0.717) is 36.1 Å². The molecule has 5 heteroatoms. The van der Waals surface area contributed by atoms with Crippen LogP contribution in [0.4, 0.5) is 10.1 Å². The Hall–Kier alpha value is -2.04. The van der Waals surface area contributed by atoms with Crippen LogP contribution in [0.15, 0.2) is 35.3 Å². The summed E-state index contributed by atoms with van der Waals surface area (Å²) < 4.78 is 13.6. The highest BCUT2D eigenvalue weighted by Crippen LogP contribution is 2.36. The Morgan fingerprint density at radius 2 is 1.74 bits per heavy atom. The number of hydrogen-bond acceptors (Lipinski definition) is 3. The lowest BCUT2D eigenvalue weighted by Gasteiger charge is -2.17. The van der Waals surface area contributed by atoms with Gasteiger partial charge in [-0.05, 0) is 104 Å². The summed E-state index contributed by atoms with van der Waals surface area (Å²) in [4.78, 5) is 18.0. The van der Waals surface area contributed by atoms with Gasteiger partial charge < -0.3 is 5.11 Å². The van der Waals surface area contributed by atoms with Crippen LogP contribution in [-0.4, -0.2) is 22.7 Å². The van der Waals surface area contributed by atoms with Gasteiger partial charge in [0.1, 0.15) is 11.6 Å². The van der Waals surface area contributed by atoms with Crippen LogP contribution in [0.2, 0.25) is 5.02 Å². The topological polar surface area (TPSA) is 49.7 Å². The van der Waals surface area contributed by atoms with Crippen LogP contribution in [0.3, 0.4) is 0 Å². The molecule has 2 atom stereocenters. The third kappa shape index (κ3) is 7.24. The lowest BCUT2D eigenvalue weighted by atomic mass is 9.88. The first-order valence-electron chi connectivity index (χ1n) is 13.1. The van der Waals surface area contributed by atoms with Gasteiger partial charge in [-0.2, -0.15) is 0 Å². The fourth-order valence-electron chi connectivity index (χ4n) is 5.26. The third-order valence-electron chi connectivity index (χ3n) is 7.64. The fourth-order valence-corrected chi connectivity index (χ4v) is 5.44. The number of benzene rings is 2. The first kappa shape index (κ1) is 26.0. The Kier molecular flexibility index (Phi) is 8.77. The molecule has 0 aliphatic heterocycles. The number of aliphatic imine (C=N–C) groups is 1. The predicted octanol–water partition coefficient (Wildman–Crippen LogP) is 7.85.